The van der Waals surface area contributed by atoms with E-state index >= 15 is 0 Å². The lowest BCUT2D eigenvalue weighted by molar-refractivity contribution is -0.145. The van der Waals surface area contributed by atoms with Crippen molar-refractivity contribution in [2.45, 2.75) is 45.3 Å². The van der Waals surface area contributed by atoms with Gasteiger partial charge in [-0.1, -0.05) is 37.6 Å². The van der Waals surface area contributed by atoms with Crippen LogP contribution in [0, 0.1) is 29.0 Å². The maximum atomic E-state index is 14.1. The van der Waals surface area contributed by atoms with Crippen LogP contribution in [0.3, 0.4) is 0 Å². The molecule has 2 aliphatic heterocycles. The molecule has 6 heteroatoms. The minimum atomic E-state index is -0.566. The van der Waals surface area contributed by atoms with E-state index in [9.17, 15) is 14.3 Å². The van der Waals surface area contributed by atoms with Gasteiger partial charge in [0.15, 0.2) is 0 Å². The Morgan fingerprint density at radius 1 is 1.23 bits per heavy atom. The predicted octanol–water partition coefficient (Wildman–Crippen LogP) is 3.23. The molecule has 1 N–H and O–H groups in total. The molecule has 6 atom stereocenters. The van der Waals surface area contributed by atoms with Gasteiger partial charge in [-0.25, -0.2) is 4.39 Å². The largest absolute Gasteiger partial charge is 0.461 e. The van der Waals surface area contributed by atoms with E-state index in [1.54, 1.807) is 6.07 Å². The second-order valence-electron chi connectivity index (χ2n) is 10.0. The Balaban J connectivity index is 1.28. The SMILES string of the molecule is CC1CCC=C2C[C@H]3OC(=O)C(CN4CCN(c5ccccc5F)CC4)[C@H]3C(O)[C@@]21C. The first-order valence-corrected chi connectivity index (χ1v) is 11.7. The maximum Gasteiger partial charge on any atom is 0.311 e. The van der Waals surface area contributed by atoms with E-state index < -0.39 is 6.10 Å². The number of aliphatic hydroxyl groups excluding tert-OH is 1. The van der Waals surface area contributed by atoms with Crippen LogP contribution in [-0.2, 0) is 9.53 Å². The van der Waals surface area contributed by atoms with Gasteiger partial charge < -0.3 is 14.7 Å². The summed E-state index contributed by atoms with van der Waals surface area (Å²) in [7, 11) is 0. The summed E-state index contributed by atoms with van der Waals surface area (Å²) in [6.07, 6.45) is 4.36. The van der Waals surface area contributed by atoms with E-state index in [0.717, 1.165) is 45.4 Å². The highest BCUT2D eigenvalue weighted by atomic mass is 19.1. The summed E-state index contributed by atoms with van der Waals surface area (Å²) in [4.78, 5) is 17.2. The highest BCUT2D eigenvalue weighted by Crippen LogP contribution is 2.56. The summed E-state index contributed by atoms with van der Waals surface area (Å²) < 4.78 is 19.9. The second kappa shape index (κ2) is 7.89. The van der Waals surface area contributed by atoms with Crippen molar-refractivity contribution in [1.29, 1.82) is 0 Å². The molecule has 168 valence electrons. The zero-order valence-electron chi connectivity index (χ0n) is 18.5. The Kier molecular flexibility index (Phi) is 5.33. The van der Waals surface area contributed by atoms with Gasteiger partial charge in [-0.05, 0) is 30.9 Å². The number of rotatable bonds is 3. The molecular weight excluding hydrogens is 395 g/mol. The molecule has 3 fully saturated rings. The maximum absolute atomic E-state index is 14.1. The third-order valence-corrected chi connectivity index (χ3v) is 8.59. The first-order valence-electron chi connectivity index (χ1n) is 11.7. The molecule has 0 aromatic heterocycles. The molecule has 2 aliphatic carbocycles. The first kappa shape index (κ1) is 21.0. The lowest BCUT2D eigenvalue weighted by atomic mass is 9.55. The third kappa shape index (κ3) is 3.39. The number of carbonyl (C=O) groups excluding carboxylic acids is 1. The van der Waals surface area contributed by atoms with Gasteiger partial charge in [-0.15, -0.1) is 0 Å². The topological polar surface area (TPSA) is 53.0 Å². The van der Waals surface area contributed by atoms with Crippen molar-refractivity contribution < 1.29 is 19.0 Å². The fourth-order valence-corrected chi connectivity index (χ4v) is 6.43. The highest BCUT2D eigenvalue weighted by molar-refractivity contribution is 5.76. The summed E-state index contributed by atoms with van der Waals surface area (Å²) in [6, 6.07) is 6.89. The summed E-state index contributed by atoms with van der Waals surface area (Å²) in [5.74, 6) is -0.417. The van der Waals surface area contributed by atoms with Gasteiger partial charge in [0.1, 0.15) is 11.9 Å². The molecule has 31 heavy (non-hydrogen) atoms. The number of benzene rings is 1. The number of piperazine rings is 1. The fourth-order valence-electron chi connectivity index (χ4n) is 6.43. The van der Waals surface area contributed by atoms with Crippen molar-refractivity contribution >= 4 is 11.7 Å². The molecule has 1 saturated carbocycles. The number of fused-ring (bicyclic) bond motifs is 2. The fraction of sp³-hybridized carbons (Fsp3) is 0.640. The van der Waals surface area contributed by atoms with Crippen molar-refractivity contribution in [3.05, 3.63) is 41.7 Å². The smallest absolute Gasteiger partial charge is 0.311 e. The Bertz CT molecular complexity index is 881. The number of hydrogen-bond donors (Lipinski definition) is 1. The molecule has 3 unspecified atom stereocenters. The quantitative estimate of drug-likeness (QED) is 0.592. The number of allylic oxidation sites excluding steroid dienone is 1. The van der Waals surface area contributed by atoms with Crippen molar-refractivity contribution in [2.75, 3.05) is 37.6 Å². The number of esters is 1. The normalized spacial score (nSPS) is 38.3. The van der Waals surface area contributed by atoms with Crippen LogP contribution in [0.1, 0.15) is 33.1 Å². The zero-order chi connectivity index (χ0) is 21.8. The van der Waals surface area contributed by atoms with Gasteiger partial charge in [-0.3, -0.25) is 9.69 Å². The Labute approximate surface area is 183 Å². The number of anilines is 1. The van der Waals surface area contributed by atoms with Crippen LogP contribution in [0.25, 0.3) is 0 Å². The van der Waals surface area contributed by atoms with Gasteiger partial charge in [0.05, 0.1) is 17.7 Å². The molecule has 1 aromatic carbocycles. The van der Waals surface area contributed by atoms with Crippen molar-refractivity contribution in [1.82, 2.24) is 4.90 Å². The molecule has 0 radical (unpaired) electrons. The van der Waals surface area contributed by atoms with Crippen molar-refractivity contribution in [3.63, 3.8) is 0 Å². The Hall–Kier alpha value is -1.92. The molecule has 5 rings (SSSR count). The van der Waals surface area contributed by atoms with Gasteiger partial charge in [-0.2, -0.15) is 0 Å². The zero-order valence-corrected chi connectivity index (χ0v) is 18.5. The first-order chi connectivity index (χ1) is 14.9. The Morgan fingerprint density at radius 3 is 2.71 bits per heavy atom. The number of hydrogen-bond acceptors (Lipinski definition) is 5. The van der Waals surface area contributed by atoms with Crippen molar-refractivity contribution in [2.24, 2.45) is 23.2 Å². The number of aliphatic hydroxyl groups is 1. The molecule has 2 heterocycles. The molecule has 5 nitrogen and oxygen atoms in total. The molecular formula is C25H33FN2O3. The highest BCUT2D eigenvalue weighted by Gasteiger charge is 2.59. The van der Waals surface area contributed by atoms with Crippen molar-refractivity contribution in [3.8, 4) is 0 Å². The summed E-state index contributed by atoms with van der Waals surface area (Å²) in [5.41, 5.74) is 1.64. The molecule has 0 amide bonds. The van der Waals surface area contributed by atoms with Gasteiger partial charge in [0.25, 0.3) is 0 Å². The standard InChI is InChI=1S/C25H33FN2O3/c1-16-6-5-7-17-14-21-22(23(29)25(16,17)2)18(24(30)31-21)15-27-10-12-28(13-11-27)20-9-4-3-8-19(20)26/h3-4,7-9,16,18,21-23,29H,5-6,10-15H2,1-2H3/t16?,18?,21-,22-,23?,25-/m1/s1. The number of ether oxygens (including phenoxy) is 1. The lowest BCUT2D eigenvalue weighted by Crippen LogP contribution is -2.55. The minimum absolute atomic E-state index is 0.153. The van der Waals surface area contributed by atoms with E-state index in [1.807, 2.05) is 12.1 Å². The molecule has 1 aromatic rings. The molecule has 2 saturated heterocycles. The lowest BCUT2D eigenvalue weighted by Gasteiger charge is -2.52. The second-order valence-corrected chi connectivity index (χ2v) is 10.0. The van der Waals surface area contributed by atoms with E-state index in [4.69, 9.17) is 4.74 Å². The van der Waals surface area contributed by atoms with E-state index in [-0.39, 0.29) is 35.1 Å². The van der Waals surface area contributed by atoms with E-state index in [2.05, 4.69) is 29.7 Å². The van der Waals surface area contributed by atoms with E-state index in [0.29, 0.717) is 18.2 Å². The predicted molar refractivity (Wildman–Crippen MR) is 117 cm³/mol. The van der Waals surface area contributed by atoms with Crippen LogP contribution in [0.5, 0.6) is 0 Å². The number of halogens is 1. The molecule has 0 bridgehead atoms. The summed E-state index contributed by atoms with van der Waals surface area (Å²) >= 11 is 0. The van der Waals surface area contributed by atoms with Gasteiger partial charge >= 0.3 is 5.97 Å². The number of carbonyl (C=O) groups is 1. The van der Waals surface area contributed by atoms with Crippen LogP contribution in [-0.4, -0.2) is 60.9 Å². The van der Waals surface area contributed by atoms with Crippen LogP contribution >= 0.6 is 0 Å². The van der Waals surface area contributed by atoms with Crippen LogP contribution in [0.15, 0.2) is 35.9 Å². The average molecular weight is 429 g/mol. The van der Waals surface area contributed by atoms with Crippen LogP contribution in [0.2, 0.25) is 0 Å². The van der Waals surface area contributed by atoms with Gasteiger partial charge in [0.2, 0.25) is 0 Å². The number of nitrogens with zero attached hydrogens (tertiary/aromatic N) is 2. The third-order valence-electron chi connectivity index (χ3n) is 8.59. The molecule has 4 aliphatic rings. The number of para-hydroxylation sites is 1. The Morgan fingerprint density at radius 2 is 1.97 bits per heavy atom. The van der Waals surface area contributed by atoms with E-state index in [1.165, 1.54) is 11.6 Å². The average Bonchev–Trinajstić information content (AvgIpc) is 3.06. The summed E-state index contributed by atoms with van der Waals surface area (Å²) in [5, 5.41) is 11.5. The van der Waals surface area contributed by atoms with Crippen LogP contribution < -0.4 is 4.90 Å². The summed E-state index contributed by atoms with van der Waals surface area (Å²) in [6.45, 7) is 7.99. The minimum Gasteiger partial charge on any atom is -0.461 e. The van der Waals surface area contributed by atoms with Gasteiger partial charge in [0, 0.05) is 50.5 Å². The molecule has 0 spiro atoms. The monoisotopic (exact) mass is 428 g/mol. The van der Waals surface area contributed by atoms with Crippen LogP contribution in [0.4, 0.5) is 10.1 Å².